The second kappa shape index (κ2) is 4.98. The lowest BCUT2D eigenvalue weighted by Crippen LogP contribution is -1.86. The molecule has 1 heterocycles. The molecular weight excluding hydrogens is 254 g/mol. The van der Waals surface area contributed by atoms with Crippen LogP contribution in [0.2, 0.25) is 5.02 Å². The molecule has 0 saturated heterocycles. The molecule has 0 aliphatic carbocycles. The number of anilines is 1. The molecule has 2 rings (SSSR count). The highest BCUT2D eigenvalue weighted by Gasteiger charge is 2.05. The van der Waals surface area contributed by atoms with Gasteiger partial charge in [0, 0.05) is 11.6 Å². The maximum atomic E-state index is 10.4. The number of carboxylic acid groups (broad SMARTS) is 1. The van der Waals surface area contributed by atoms with Gasteiger partial charge in [0.25, 0.3) is 0 Å². The lowest BCUT2D eigenvalue weighted by atomic mass is 10.1. The maximum absolute atomic E-state index is 10.4. The Kier molecular flexibility index (Phi) is 3.39. The van der Waals surface area contributed by atoms with Gasteiger partial charge in [0.1, 0.15) is 11.5 Å². The van der Waals surface area contributed by atoms with Crippen molar-refractivity contribution in [3.63, 3.8) is 0 Å². The molecule has 0 aliphatic rings. The largest absolute Gasteiger partial charge is 0.478 e. The molecule has 3 N–H and O–H groups in total. The van der Waals surface area contributed by atoms with E-state index in [1.54, 1.807) is 30.3 Å². The van der Waals surface area contributed by atoms with Crippen molar-refractivity contribution in [2.75, 3.05) is 5.73 Å². The summed E-state index contributed by atoms with van der Waals surface area (Å²) in [7, 11) is 0. The fourth-order valence-corrected chi connectivity index (χ4v) is 1.57. The molecule has 0 fully saturated rings. The molecule has 18 heavy (non-hydrogen) atoms. The zero-order valence-electron chi connectivity index (χ0n) is 9.26. The number of benzene rings is 1. The predicted molar refractivity (Wildman–Crippen MR) is 70.2 cm³/mol. The molecule has 0 bridgehead atoms. The van der Waals surface area contributed by atoms with Gasteiger partial charge in [-0.25, -0.2) is 4.79 Å². The second-order valence-corrected chi connectivity index (χ2v) is 4.02. The first-order chi connectivity index (χ1) is 8.56. The molecule has 1 aromatic carbocycles. The number of aliphatic carboxylic acids is 1. The summed E-state index contributed by atoms with van der Waals surface area (Å²) >= 11 is 5.83. The van der Waals surface area contributed by atoms with Gasteiger partial charge in [-0.3, -0.25) is 0 Å². The maximum Gasteiger partial charge on any atom is 0.328 e. The molecule has 0 radical (unpaired) electrons. The third-order valence-corrected chi connectivity index (χ3v) is 2.64. The number of nitrogens with two attached hydrogens (primary N) is 1. The Bertz CT molecular complexity index is 616. The fraction of sp³-hybridized carbons (Fsp3) is 0. The zero-order valence-corrected chi connectivity index (χ0v) is 10.0. The minimum atomic E-state index is -1.02. The smallest absolute Gasteiger partial charge is 0.328 e. The molecule has 5 heteroatoms. The molecule has 0 aliphatic heterocycles. The topological polar surface area (TPSA) is 76.5 Å². The summed E-state index contributed by atoms with van der Waals surface area (Å²) in [5.74, 6) is 0.0352. The molecule has 2 aromatic rings. The molecule has 0 spiro atoms. The van der Waals surface area contributed by atoms with E-state index in [1.165, 1.54) is 6.08 Å². The van der Waals surface area contributed by atoms with Crippen LogP contribution in [-0.4, -0.2) is 11.1 Å². The summed E-state index contributed by atoms with van der Waals surface area (Å²) in [6.45, 7) is 0. The summed E-state index contributed by atoms with van der Waals surface area (Å²) in [5.41, 5.74) is 6.95. The van der Waals surface area contributed by atoms with Gasteiger partial charge >= 0.3 is 5.97 Å². The molecule has 0 atom stereocenters. The molecular formula is C13H10ClNO3. The van der Waals surface area contributed by atoms with Crippen molar-refractivity contribution < 1.29 is 14.3 Å². The van der Waals surface area contributed by atoms with E-state index in [-0.39, 0.29) is 0 Å². The van der Waals surface area contributed by atoms with E-state index in [0.717, 1.165) is 11.6 Å². The standard InChI is InChI=1S/C13H10ClNO3/c14-10-4-1-8(7-11(10)15)12-5-2-9(18-12)3-6-13(16)17/h1-7H,15H2,(H,16,17)/b6-3+. The first kappa shape index (κ1) is 12.3. The van der Waals surface area contributed by atoms with Crippen molar-refractivity contribution in [2.45, 2.75) is 0 Å². The van der Waals surface area contributed by atoms with Crippen LogP contribution in [0.25, 0.3) is 17.4 Å². The van der Waals surface area contributed by atoms with Crippen molar-refractivity contribution in [2.24, 2.45) is 0 Å². The van der Waals surface area contributed by atoms with E-state index in [4.69, 9.17) is 26.9 Å². The van der Waals surface area contributed by atoms with E-state index in [2.05, 4.69) is 0 Å². The van der Waals surface area contributed by atoms with Crippen LogP contribution >= 0.6 is 11.6 Å². The van der Waals surface area contributed by atoms with Crippen molar-refractivity contribution in [1.82, 2.24) is 0 Å². The molecule has 0 unspecified atom stereocenters. The van der Waals surface area contributed by atoms with Crippen LogP contribution in [0.4, 0.5) is 5.69 Å². The fourth-order valence-electron chi connectivity index (χ4n) is 1.45. The highest BCUT2D eigenvalue weighted by Crippen LogP contribution is 2.28. The molecule has 4 nitrogen and oxygen atoms in total. The van der Waals surface area contributed by atoms with Gasteiger partial charge in [-0.1, -0.05) is 11.6 Å². The van der Waals surface area contributed by atoms with Crippen molar-refractivity contribution in [1.29, 1.82) is 0 Å². The number of furan rings is 1. The minimum absolute atomic E-state index is 0.459. The molecule has 1 aromatic heterocycles. The lowest BCUT2D eigenvalue weighted by Gasteiger charge is -2.00. The van der Waals surface area contributed by atoms with Crippen LogP contribution < -0.4 is 5.73 Å². The van der Waals surface area contributed by atoms with E-state index < -0.39 is 5.97 Å². The van der Waals surface area contributed by atoms with Gasteiger partial charge in [-0.2, -0.15) is 0 Å². The number of carboxylic acids is 1. The third-order valence-electron chi connectivity index (χ3n) is 2.30. The monoisotopic (exact) mass is 263 g/mol. The van der Waals surface area contributed by atoms with Crippen molar-refractivity contribution in [3.8, 4) is 11.3 Å². The van der Waals surface area contributed by atoms with Gasteiger partial charge in [-0.05, 0) is 36.4 Å². The van der Waals surface area contributed by atoms with Gasteiger partial charge in [0.2, 0.25) is 0 Å². The van der Waals surface area contributed by atoms with Crippen LogP contribution in [0, 0.1) is 0 Å². The van der Waals surface area contributed by atoms with Crippen LogP contribution in [0.15, 0.2) is 40.8 Å². The normalized spacial score (nSPS) is 10.9. The van der Waals surface area contributed by atoms with Gasteiger partial charge in [0.05, 0.1) is 10.7 Å². The number of hydrogen-bond donors (Lipinski definition) is 2. The number of rotatable bonds is 3. The highest BCUT2D eigenvalue weighted by molar-refractivity contribution is 6.33. The number of halogens is 1. The van der Waals surface area contributed by atoms with Crippen LogP contribution in [-0.2, 0) is 4.79 Å². The summed E-state index contributed by atoms with van der Waals surface area (Å²) in [4.78, 5) is 10.4. The Morgan fingerprint density at radius 2 is 2.11 bits per heavy atom. The van der Waals surface area contributed by atoms with Gasteiger partial charge in [0.15, 0.2) is 0 Å². The van der Waals surface area contributed by atoms with E-state index in [9.17, 15) is 4.79 Å². The molecule has 0 saturated carbocycles. The second-order valence-electron chi connectivity index (χ2n) is 3.61. The Morgan fingerprint density at radius 1 is 1.33 bits per heavy atom. The Balaban J connectivity index is 2.29. The van der Waals surface area contributed by atoms with Crippen molar-refractivity contribution in [3.05, 3.63) is 47.2 Å². The van der Waals surface area contributed by atoms with Crippen LogP contribution in [0.3, 0.4) is 0 Å². The number of nitrogen functional groups attached to an aromatic ring is 1. The SMILES string of the molecule is Nc1cc(-c2ccc(/C=C/C(=O)O)o2)ccc1Cl. The average Bonchev–Trinajstić information content (AvgIpc) is 2.79. The third kappa shape index (κ3) is 2.73. The number of hydrogen-bond acceptors (Lipinski definition) is 3. The summed E-state index contributed by atoms with van der Waals surface area (Å²) in [6, 6.07) is 8.58. The Hall–Kier alpha value is -2.20. The first-order valence-electron chi connectivity index (χ1n) is 5.12. The van der Waals surface area contributed by atoms with Gasteiger partial charge < -0.3 is 15.3 Å². The highest BCUT2D eigenvalue weighted by atomic mass is 35.5. The lowest BCUT2D eigenvalue weighted by molar-refractivity contribution is -0.131. The summed E-state index contributed by atoms with van der Waals surface area (Å²) in [5, 5.41) is 8.99. The number of carbonyl (C=O) groups is 1. The molecule has 92 valence electrons. The Morgan fingerprint density at radius 3 is 2.78 bits per heavy atom. The van der Waals surface area contributed by atoms with Crippen LogP contribution in [0.1, 0.15) is 5.76 Å². The predicted octanol–water partition coefficient (Wildman–Crippen LogP) is 3.28. The zero-order chi connectivity index (χ0) is 13.1. The van der Waals surface area contributed by atoms with E-state index in [0.29, 0.717) is 22.2 Å². The Labute approximate surface area is 108 Å². The molecule has 0 amide bonds. The average molecular weight is 264 g/mol. The van der Waals surface area contributed by atoms with Gasteiger partial charge in [-0.15, -0.1) is 0 Å². The van der Waals surface area contributed by atoms with Crippen LogP contribution in [0.5, 0.6) is 0 Å². The summed E-state index contributed by atoms with van der Waals surface area (Å²) in [6.07, 6.45) is 2.39. The summed E-state index contributed by atoms with van der Waals surface area (Å²) < 4.78 is 5.47. The van der Waals surface area contributed by atoms with Crippen molar-refractivity contribution >= 4 is 29.3 Å². The van der Waals surface area contributed by atoms with E-state index in [1.807, 2.05) is 0 Å². The minimum Gasteiger partial charge on any atom is -0.478 e. The first-order valence-corrected chi connectivity index (χ1v) is 5.50. The van der Waals surface area contributed by atoms with E-state index >= 15 is 0 Å². The quantitative estimate of drug-likeness (QED) is 0.658.